The fourth-order valence-electron chi connectivity index (χ4n) is 3.41. The molecule has 1 fully saturated rings. The third-order valence-corrected chi connectivity index (χ3v) is 6.76. The molecule has 0 atom stereocenters. The fraction of sp³-hybridized carbons (Fsp3) is 0.300. The number of halogens is 2. The number of likely N-dealkylation sites (tertiary alicyclic amines) is 1. The second-order valence-electron chi connectivity index (χ2n) is 6.46. The number of thioether (sulfide) groups is 1. The van der Waals surface area contributed by atoms with Crippen molar-refractivity contribution in [2.75, 3.05) is 13.1 Å². The number of hydrogen-bond acceptors (Lipinski definition) is 4. The normalized spacial score (nSPS) is 15.6. The van der Waals surface area contributed by atoms with Gasteiger partial charge < -0.3 is 4.90 Å². The molecule has 140 valence electrons. The summed E-state index contributed by atoms with van der Waals surface area (Å²) in [6.45, 7) is 1.24. The zero-order chi connectivity index (χ0) is 18.8. The average Bonchev–Trinajstić information content (AvgIpc) is 3.12. The summed E-state index contributed by atoms with van der Waals surface area (Å²) in [4.78, 5) is 19.7. The van der Waals surface area contributed by atoms with E-state index in [4.69, 9.17) is 4.98 Å². The van der Waals surface area contributed by atoms with Crippen LogP contribution in [0.1, 0.15) is 34.1 Å². The SMILES string of the molecule is O=C(c1ccccc1SC(F)F)N1CCC(c2nc3ccccc3s2)CC1. The van der Waals surface area contributed by atoms with Gasteiger partial charge >= 0.3 is 0 Å². The summed E-state index contributed by atoms with van der Waals surface area (Å²) in [5, 5.41) is 1.12. The second-order valence-corrected chi connectivity index (χ2v) is 8.56. The van der Waals surface area contributed by atoms with Crippen LogP contribution < -0.4 is 0 Å². The first kappa shape index (κ1) is 18.4. The lowest BCUT2D eigenvalue weighted by Gasteiger charge is -2.31. The van der Waals surface area contributed by atoms with E-state index in [1.54, 1.807) is 40.5 Å². The largest absolute Gasteiger partial charge is 0.339 e. The van der Waals surface area contributed by atoms with E-state index in [9.17, 15) is 13.6 Å². The van der Waals surface area contributed by atoms with Gasteiger partial charge in [-0.3, -0.25) is 4.79 Å². The van der Waals surface area contributed by atoms with Crippen LogP contribution in [0.5, 0.6) is 0 Å². The van der Waals surface area contributed by atoms with E-state index >= 15 is 0 Å². The maximum Gasteiger partial charge on any atom is 0.288 e. The van der Waals surface area contributed by atoms with Crippen molar-refractivity contribution in [1.82, 2.24) is 9.88 Å². The van der Waals surface area contributed by atoms with E-state index in [1.165, 1.54) is 4.70 Å². The Morgan fingerprint density at radius 2 is 1.81 bits per heavy atom. The highest BCUT2D eigenvalue weighted by Crippen LogP contribution is 2.35. The molecular formula is C20H18F2N2OS2. The van der Waals surface area contributed by atoms with Crippen LogP contribution in [0.25, 0.3) is 10.2 Å². The first-order valence-corrected chi connectivity index (χ1v) is 10.5. The Bertz CT molecular complexity index is 919. The minimum absolute atomic E-state index is 0.165. The molecular weight excluding hydrogens is 386 g/mol. The summed E-state index contributed by atoms with van der Waals surface area (Å²) in [7, 11) is 0. The minimum atomic E-state index is -2.54. The van der Waals surface area contributed by atoms with Gasteiger partial charge in [0.05, 0.1) is 20.8 Å². The van der Waals surface area contributed by atoms with Gasteiger partial charge in [0, 0.05) is 23.9 Å². The summed E-state index contributed by atoms with van der Waals surface area (Å²) in [6.07, 6.45) is 1.69. The average molecular weight is 405 g/mol. The number of piperidine rings is 1. The zero-order valence-electron chi connectivity index (χ0n) is 14.5. The number of rotatable bonds is 4. The number of carbonyl (C=O) groups excluding carboxylic acids is 1. The van der Waals surface area contributed by atoms with Crippen molar-refractivity contribution < 1.29 is 13.6 Å². The molecule has 0 radical (unpaired) electrons. The van der Waals surface area contributed by atoms with Crippen molar-refractivity contribution in [3.05, 3.63) is 59.1 Å². The summed E-state index contributed by atoms with van der Waals surface area (Å²) >= 11 is 2.15. The molecule has 1 saturated heterocycles. The summed E-state index contributed by atoms with van der Waals surface area (Å²) in [5.41, 5.74) is 1.38. The highest BCUT2D eigenvalue weighted by atomic mass is 32.2. The highest BCUT2D eigenvalue weighted by Gasteiger charge is 2.28. The quantitative estimate of drug-likeness (QED) is 0.528. The van der Waals surface area contributed by atoms with Crippen molar-refractivity contribution in [1.29, 1.82) is 0 Å². The van der Waals surface area contributed by atoms with Crippen LogP contribution in [-0.4, -0.2) is 34.6 Å². The van der Waals surface area contributed by atoms with Crippen LogP contribution in [0.2, 0.25) is 0 Å². The summed E-state index contributed by atoms with van der Waals surface area (Å²) in [6, 6.07) is 14.7. The minimum Gasteiger partial charge on any atom is -0.339 e. The fourth-order valence-corrected chi connectivity index (χ4v) is 5.17. The number of benzene rings is 2. The number of thiazole rings is 1. The molecule has 0 aliphatic carbocycles. The number of hydrogen-bond donors (Lipinski definition) is 0. The Balaban J connectivity index is 1.45. The molecule has 0 bridgehead atoms. The molecule has 1 aliphatic rings. The van der Waals surface area contributed by atoms with Crippen molar-refractivity contribution in [3.63, 3.8) is 0 Å². The Kier molecular flexibility index (Phi) is 5.41. The van der Waals surface area contributed by atoms with Crippen LogP contribution in [-0.2, 0) is 0 Å². The van der Waals surface area contributed by atoms with Gasteiger partial charge in [0.25, 0.3) is 11.7 Å². The second kappa shape index (κ2) is 7.94. The van der Waals surface area contributed by atoms with Gasteiger partial charge in [-0.2, -0.15) is 8.78 Å². The summed E-state index contributed by atoms with van der Waals surface area (Å²) < 4.78 is 26.7. The molecule has 3 nitrogen and oxygen atoms in total. The maximum absolute atomic E-state index is 12.8. The molecule has 2 aromatic carbocycles. The number of nitrogens with zero attached hydrogens (tertiary/aromatic N) is 2. The molecule has 1 aliphatic heterocycles. The van der Waals surface area contributed by atoms with Gasteiger partial charge in [0.2, 0.25) is 0 Å². The number of alkyl halides is 2. The van der Waals surface area contributed by atoms with E-state index in [1.807, 2.05) is 18.2 Å². The monoisotopic (exact) mass is 404 g/mol. The zero-order valence-corrected chi connectivity index (χ0v) is 16.1. The smallest absolute Gasteiger partial charge is 0.288 e. The van der Waals surface area contributed by atoms with Crippen LogP contribution >= 0.6 is 23.1 Å². The van der Waals surface area contributed by atoms with E-state index < -0.39 is 5.76 Å². The lowest BCUT2D eigenvalue weighted by Crippen LogP contribution is -2.38. The lowest BCUT2D eigenvalue weighted by molar-refractivity contribution is 0.0709. The van der Waals surface area contributed by atoms with Crippen molar-refractivity contribution in [2.24, 2.45) is 0 Å². The third-order valence-electron chi connectivity index (χ3n) is 4.78. The van der Waals surface area contributed by atoms with Gasteiger partial charge in [0.15, 0.2) is 0 Å². The summed E-state index contributed by atoms with van der Waals surface area (Å²) in [5.74, 6) is -2.36. The van der Waals surface area contributed by atoms with Gasteiger partial charge in [0.1, 0.15) is 0 Å². The van der Waals surface area contributed by atoms with Crippen LogP contribution in [0.3, 0.4) is 0 Å². The first-order valence-electron chi connectivity index (χ1n) is 8.80. The van der Waals surface area contributed by atoms with Crippen molar-refractivity contribution >= 4 is 39.2 Å². The van der Waals surface area contributed by atoms with E-state index in [0.29, 0.717) is 41.2 Å². The topological polar surface area (TPSA) is 33.2 Å². The number of carbonyl (C=O) groups is 1. The van der Waals surface area contributed by atoms with Crippen LogP contribution in [0.4, 0.5) is 8.78 Å². The van der Waals surface area contributed by atoms with Crippen molar-refractivity contribution in [3.8, 4) is 0 Å². The number of aromatic nitrogens is 1. The Morgan fingerprint density at radius 1 is 1.11 bits per heavy atom. The molecule has 2 heterocycles. The molecule has 1 amide bonds. The molecule has 27 heavy (non-hydrogen) atoms. The predicted molar refractivity (Wildman–Crippen MR) is 106 cm³/mol. The molecule has 4 rings (SSSR count). The molecule has 0 unspecified atom stereocenters. The molecule has 0 saturated carbocycles. The number of para-hydroxylation sites is 1. The van der Waals surface area contributed by atoms with Gasteiger partial charge in [-0.15, -0.1) is 11.3 Å². The molecule has 7 heteroatoms. The highest BCUT2D eigenvalue weighted by molar-refractivity contribution is 7.99. The lowest BCUT2D eigenvalue weighted by atomic mass is 9.97. The molecule has 0 spiro atoms. The Morgan fingerprint density at radius 3 is 2.56 bits per heavy atom. The Labute approximate surface area is 164 Å². The maximum atomic E-state index is 12.8. The van der Waals surface area contributed by atoms with Gasteiger partial charge in [-0.05, 0) is 37.1 Å². The van der Waals surface area contributed by atoms with Crippen LogP contribution in [0, 0.1) is 0 Å². The van der Waals surface area contributed by atoms with Crippen molar-refractivity contribution in [2.45, 2.75) is 29.4 Å². The first-order chi connectivity index (χ1) is 13.1. The van der Waals surface area contributed by atoms with E-state index in [0.717, 1.165) is 23.4 Å². The van der Waals surface area contributed by atoms with Crippen LogP contribution in [0.15, 0.2) is 53.4 Å². The Hall–Kier alpha value is -1.99. The number of amides is 1. The van der Waals surface area contributed by atoms with E-state index in [2.05, 4.69) is 6.07 Å². The predicted octanol–water partition coefficient (Wildman–Crippen LogP) is 5.63. The van der Waals surface area contributed by atoms with Gasteiger partial charge in [-0.1, -0.05) is 36.0 Å². The molecule has 0 N–H and O–H groups in total. The standard InChI is InChI=1S/C20H18F2N2OS2/c21-20(22)27-16-7-3-1-5-14(16)19(25)24-11-9-13(10-12-24)18-23-15-6-2-4-8-17(15)26-18/h1-8,13,20H,9-12H2. The van der Waals surface area contributed by atoms with E-state index in [-0.39, 0.29) is 5.91 Å². The molecule has 3 aromatic rings. The number of fused-ring (bicyclic) bond motifs is 1. The third kappa shape index (κ3) is 3.99. The molecule has 1 aromatic heterocycles. The van der Waals surface area contributed by atoms with Gasteiger partial charge in [-0.25, -0.2) is 4.98 Å².